The fourth-order valence-corrected chi connectivity index (χ4v) is 3.65. The molecule has 1 aromatic carbocycles. The third-order valence-electron chi connectivity index (χ3n) is 3.85. The van der Waals surface area contributed by atoms with E-state index in [1.54, 1.807) is 7.05 Å². The van der Waals surface area contributed by atoms with Gasteiger partial charge in [0.1, 0.15) is 6.10 Å². The van der Waals surface area contributed by atoms with Crippen LogP contribution in [-0.4, -0.2) is 47.9 Å². The molecule has 0 amide bonds. The predicted molar refractivity (Wildman–Crippen MR) is 89.1 cm³/mol. The van der Waals surface area contributed by atoms with Crippen LogP contribution in [0.4, 0.5) is 4.39 Å². The van der Waals surface area contributed by atoms with E-state index in [9.17, 15) is 12.8 Å². The van der Waals surface area contributed by atoms with Crippen LogP contribution in [0.5, 0.6) is 5.75 Å². The van der Waals surface area contributed by atoms with Gasteiger partial charge in [-0.1, -0.05) is 6.92 Å². The van der Waals surface area contributed by atoms with Gasteiger partial charge in [0.15, 0.2) is 11.6 Å². The van der Waals surface area contributed by atoms with Gasteiger partial charge in [0.05, 0.1) is 18.1 Å². The molecule has 0 bridgehead atoms. The molecule has 0 radical (unpaired) electrons. The average molecular weight is 360 g/mol. The Morgan fingerprint density at radius 3 is 2.67 bits per heavy atom. The molecule has 1 fully saturated rings. The molecule has 1 saturated heterocycles. The highest BCUT2D eigenvalue weighted by Gasteiger charge is 2.20. The van der Waals surface area contributed by atoms with E-state index in [1.807, 2.05) is 6.92 Å². The van der Waals surface area contributed by atoms with Crippen molar-refractivity contribution in [2.24, 2.45) is 5.92 Å². The number of nitrogens with one attached hydrogen (secondary N) is 2. The second-order valence-electron chi connectivity index (χ2n) is 6.04. The number of ether oxygens (including phenoxy) is 2. The molecule has 1 heterocycles. The van der Waals surface area contributed by atoms with Crippen molar-refractivity contribution >= 4 is 10.0 Å². The minimum absolute atomic E-state index is 0.0735. The summed E-state index contributed by atoms with van der Waals surface area (Å²) in [5.41, 5.74) is 0. The maximum Gasteiger partial charge on any atom is 0.240 e. The molecule has 0 saturated carbocycles. The summed E-state index contributed by atoms with van der Waals surface area (Å²) >= 11 is 0. The van der Waals surface area contributed by atoms with Crippen molar-refractivity contribution in [3.8, 4) is 5.75 Å². The lowest BCUT2D eigenvalue weighted by Crippen LogP contribution is -2.32. The van der Waals surface area contributed by atoms with Gasteiger partial charge >= 0.3 is 0 Å². The molecule has 136 valence electrons. The number of hydrogen-bond donors (Lipinski definition) is 2. The van der Waals surface area contributed by atoms with Crippen molar-refractivity contribution in [1.29, 1.82) is 0 Å². The van der Waals surface area contributed by atoms with Crippen LogP contribution in [0.1, 0.15) is 19.8 Å². The maximum atomic E-state index is 14.2. The first kappa shape index (κ1) is 19.1. The summed E-state index contributed by atoms with van der Waals surface area (Å²) in [6.45, 7) is 4.07. The molecule has 8 heteroatoms. The lowest BCUT2D eigenvalue weighted by molar-refractivity contribution is 0.0240. The van der Waals surface area contributed by atoms with Crippen LogP contribution >= 0.6 is 0 Å². The summed E-state index contributed by atoms with van der Waals surface area (Å²) < 4.78 is 52.0. The predicted octanol–water partition coefficient (Wildman–Crippen LogP) is 1.52. The van der Waals surface area contributed by atoms with Crippen LogP contribution in [0.3, 0.4) is 0 Å². The lowest BCUT2D eigenvalue weighted by atomic mass is 10.1. The van der Waals surface area contributed by atoms with E-state index in [2.05, 4.69) is 10.0 Å². The topological polar surface area (TPSA) is 76.7 Å². The van der Waals surface area contributed by atoms with Gasteiger partial charge in [-0.2, -0.15) is 0 Å². The third-order valence-corrected chi connectivity index (χ3v) is 5.27. The molecule has 0 spiro atoms. The lowest BCUT2D eigenvalue weighted by Gasteiger charge is -2.23. The Balaban J connectivity index is 2.01. The number of sulfonamides is 1. The molecular weight excluding hydrogens is 335 g/mol. The van der Waals surface area contributed by atoms with Crippen LogP contribution in [-0.2, 0) is 14.8 Å². The Hall–Kier alpha value is -1.22. The molecule has 6 nitrogen and oxygen atoms in total. The molecule has 1 aliphatic rings. The second-order valence-corrected chi connectivity index (χ2v) is 7.80. The molecule has 2 N–H and O–H groups in total. The van der Waals surface area contributed by atoms with Gasteiger partial charge in [0.2, 0.25) is 10.0 Å². The summed E-state index contributed by atoms with van der Waals surface area (Å²) in [5.74, 6) is -0.470. The van der Waals surface area contributed by atoms with E-state index >= 15 is 0 Å². The van der Waals surface area contributed by atoms with E-state index in [-0.39, 0.29) is 29.2 Å². The summed E-state index contributed by atoms with van der Waals surface area (Å²) in [5, 5.41) is 2.98. The highest BCUT2D eigenvalue weighted by molar-refractivity contribution is 7.89. The van der Waals surface area contributed by atoms with Gasteiger partial charge in [-0.3, -0.25) is 0 Å². The Bertz CT molecular complexity index is 633. The van der Waals surface area contributed by atoms with E-state index in [0.29, 0.717) is 32.6 Å². The molecule has 1 unspecified atom stereocenters. The standard InChI is InChI=1S/C16H25FN2O4S/c1-12(10-18-2)11-19-24(20,21)14-3-4-16(15(17)9-14)23-13-5-7-22-8-6-13/h3-4,9,12-13,18-19H,5-8,10-11H2,1-2H3. The van der Waals surface area contributed by atoms with Crippen molar-refractivity contribution in [1.82, 2.24) is 10.0 Å². The Kier molecular flexibility index (Phi) is 6.97. The number of halogens is 1. The molecule has 0 aliphatic carbocycles. The molecular formula is C16H25FN2O4S. The van der Waals surface area contributed by atoms with Crippen molar-refractivity contribution < 1.29 is 22.3 Å². The fraction of sp³-hybridized carbons (Fsp3) is 0.625. The van der Waals surface area contributed by atoms with Crippen molar-refractivity contribution in [3.63, 3.8) is 0 Å². The van der Waals surface area contributed by atoms with Gasteiger partial charge in [-0.15, -0.1) is 0 Å². The normalized spacial score (nSPS) is 17.6. The van der Waals surface area contributed by atoms with E-state index in [0.717, 1.165) is 6.07 Å². The first-order valence-corrected chi connectivity index (χ1v) is 9.59. The van der Waals surface area contributed by atoms with Crippen molar-refractivity contribution in [3.05, 3.63) is 24.0 Å². The van der Waals surface area contributed by atoms with E-state index in [1.165, 1.54) is 12.1 Å². The average Bonchev–Trinajstić information content (AvgIpc) is 2.56. The van der Waals surface area contributed by atoms with E-state index in [4.69, 9.17) is 9.47 Å². The Morgan fingerprint density at radius 2 is 2.04 bits per heavy atom. The summed E-state index contributed by atoms with van der Waals surface area (Å²) in [6.07, 6.45) is 1.30. The van der Waals surface area contributed by atoms with Crippen LogP contribution < -0.4 is 14.8 Å². The minimum atomic E-state index is -3.74. The van der Waals surface area contributed by atoms with Gasteiger partial charge < -0.3 is 14.8 Å². The van der Waals surface area contributed by atoms with Crippen LogP contribution in [0.2, 0.25) is 0 Å². The molecule has 1 aromatic rings. The first-order chi connectivity index (χ1) is 11.4. The quantitative estimate of drug-likeness (QED) is 0.735. The monoisotopic (exact) mass is 360 g/mol. The van der Waals surface area contributed by atoms with Gasteiger partial charge in [-0.05, 0) is 37.7 Å². The molecule has 1 atom stereocenters. The highest BCUT2D eigenvalue weighted by atomic mass is 32.2. The molecule has 1 aliphatic heterocycles. The van der Waals surface area contributed by atoms with Crippen LogP contribution in [0.25, 0.3) is 0 Å². The zero-order valence-corrected chi connectivity index (χ0v) is 14.9. The van der Waals surface area contributed by atoms with E-state index < -0.39 is 15.8 Å². The highest BCUT2D eigenvalue weighted by Crippen LogP contribution is 2.24. The SMILES string of the molecule is CNCC(C)CNS(=O)(=O)c1ccc(OC2CCOCC2)c(F)c1. The summed E-state index contributed by atoms with van der Waals surface area (Å²) in [6, 6.07) is 3.74. The first-order valence-electron chi connectivity index (χ1n) is 8.10. The fourth-order valence-electron chi connectivity index (χ4n) is 2.47. The number of hydrogen-bond acceptors (Lipinski definition) is 5. The maximum absolute atomic E-state index is 14.2. The van der Waals surface area contributed by atoms with Crippen molar-refractivity contribution in [2.45, 2.75) is 30.8 Å². The zero-order valence-electron chi connectivity index (χ0n) is 14.0. The zero-order chi connectivity index (χ0) is 17.6. The van der Waals surface area contributed by atoms with Crippen LogP contribution in [0.15, 0.2) is 23.1 Å². The van der Waals surface area contributed by atoms with Crippen LogP contribution in [0, 0.1) is 11.7 Å². The Labute approximate surface area is 142 Å². The van der Waals surface area contributed by atoms with Gasteiger partial charge in [-0.25, -0.2) is 17.5 Å². The minimum Gasteiger partial charge on any atom is -0.487 e. The Morgan fingerprint density at radius 1 is 1.33 bits per heavy atom. The number of benzene rings is 1. The largest absolute Gasteiger partial charge is 0.487 e. The molecule has 24 heavy (non-hydrogen) atoms. The number of rotatable bonds is 8. The van der Waals surface area contributed by atoms with Gasteiger partial charge in [0.25, 0.3) is 0 Å². The smallest absolute Gasteiger partial charge is 0.240 e. The molecule has 2 rings (SSSR count). The summed E-state index contributed by atoms with van der Waals surface area (Å²) in [4.78, 5) is -0.101. The van der Waals surface area contributed by atoms with Gasteiger partial charge in [0, 0.05) is 19.4 Å². The molecule has 0 aromatic heterocycles. The summed E-state index contributed by atoms with van der Waals surface area (Å²) in [7, 11) is -1.94. The second kappa shape index (κ2) is 8.75. The third kappa shape index (κ3) is 5.41. The van der Waals surface area contributed by atoms with Crippen molar-refractivity contribution in [2.75, 3.05) is 33.4 Å².